The average Bonchev–Trinajstić information content (AvgIpc) is 2.56. The second-order valence-electron chi connectivity index (χ2n) is 5.28. The van der Waals surface area contributed by atoms with Gasteiger partial charge in [-0.25, -0.2) is 0 Å². The summed E-state index contributed by atoms with van der Waals surface area (Å²) in [5.41, 5.74) is 2.58. The van der Waals surface area contributed by atoms with Crippen LogP contribution in [-0.4, -0.2) is 13.7 Å². The Labute approximate surface area is 128 Å². The van der Waals surface area contributed by atoms with E-state index < -0.39 is 0 Å². The Hall–Kier alpha value is -1.80. The fourth-order valence-corrected chi connectivity index (χ4v) is 2.49. The quantitative estimate of drug-likeness (QED) is 0.717. The lowest BCUT2D eigenvalue weighted by molar-refractivity contribution is 0.414. The van der Waals surface area contributed by atoms with Crippen molar-refractivity contribution < 1.29 is 4.74 Å². The average molecular weight is 283 g/mol. The molecule has 112 valence electrons. The summed E-state index contributed by atoms with van der Waals surface area (Å²) in [6, 6.07) is 19.2. The molecular weight excluding hydrogens is 258 g/mol. The number of nitrogens with one attached hydrogen (secondary N) is 1. The Bertz CT molecular complexity index is 507. The molecule has 1 unspecified atom stereocenters. The normalized spacial score (nSPS) is 12.1. The summed E-state index contributed by atoms with van der Waals surface area (Å²) >= 11 is 0. The molecule has 1 N–H and O–H groups in total. The number of ether oxygens (including phenoxy) is 1. The highest BCUT2D eigenvalue weighted by Gasteiger charge is 2.12. The van der Waals surface area contributed by atoms with Gasteiger partial charge in [-0.15, -0.1) is 0 Å². The predicted molar refractivity (Wildman–Crippen MR) is 88.8 cm³/mol. The molecule has 2 aromatic carbocycles. The van der Waals surface area contributed by atoms with Gasteiger partial charge in [-0.05, 0) is 36.2 Å². The van der Waals surface area contributed by atoms with E-state index in [0.29, 0.717) is 0 Å². The summed E-state index contributed by atoms with van der Waals surface area (Å²) < 4.78 is 5.25. The maximum atomic E-state index is 5.25. The molecule has 2 aromatic rings. The predicted octanol–water partition coefficient (Wildman–Crippen LogP) is 4.56. The monoisotopic (exact) mass is 283 g/mol. The van der Waals surface area contributed by atoms with Crippen LogP contribution in [0.15, 0.2) is 54.6 Å². The molecule has 2 nitrogen and oxygen atoms in total. The molecule has 0 heterocycles. The van der Waals surface area contributed by atoms with Gasteiger partial charge in [0.15, 0.2) is 0 Å². The van der Waals surface area contributed by atoms with E-state index in [4.69, 9.17) is 4.74 Å². The maximum Gasteiger partial charge on any atom is 0.118 e. The van der Waals surface area contributed by atoms with E-state index in [9.17, 15) is 0 Å². The number of rotatable bonds is 8. The Balaban J connectivity index is 2.14. The van der Waals surface area contributed by atoms with Gasteiger partial charge in [-0.3, -0.25) is 0 Å². The van der Waals surface area contributed by atoms with Gasteiger partial charge in [0.25, 0.3) is 0 Å². The first kappa shape index (κ1) is 15.6. The van der Waals surface area contributed by atoms with Crippen molar-refractivity contribution in [2.75, 3.05) is 13.7 Å². The molecule has 1 atom stereocenters. The molecule has 21 heavy (non-hydrogen) atoms. The van der Waals surface area contributed by atoms with Gasteiger partial charge >= 0.3 is 0 Å². The summed E-state index contributed by atoms with van der Waals surface area (Å²) in [4.78, 5) is 0. The first-order valence-electron chi connectivity index (χ1n) is 7.77. The van der Waals surface area contributed by atoms with Gasteiger partial charge in [0.05, 0.1) is 13.2 Å². The maximum absolute atomic E-state index is 5.25. The largest absolute Gasteiger partial charge is 0.497 e. The molecule has 0 saturated carbocycles. The van der Waals surface area contributed by atoms with E-state index in [0.717, 1.165) is 12.3 Å². The van der Waals surface area contributed by atoms with Crippen molar-refractivity contribution in [3.63, 3.8) is 0 Å². The third-order valence-corrected chi connectivity index (χ3v) is 3.71. The van der Waals surface area contributed by atoms with Crippen LogP contribution >= 0.6 is 0 Å². The molecule has 0 aromatic heterocycles. The molecule has 2 rings (SSSR count). The zero-order valence-corrected chi connectivity index (χ0v) is 13.0. The summed E-state index contributed by atoms with van der Waals surface area (Å²) in [6.07, 6.45) is 3.74. The second-order valence-corrected chi connectivity index (χ2v) is 5.28. The third-order valence-electron chi connectivity index (χ3n) is 3.71. The van der Waals surface area contributed by atoms with Crippen molar-refractivity contribution in [1.82, 2.24) is 5.32 Å². The standard InChI is InChI=1S/C19H25NO/c1-3-4-8-15-20-19(16-9-6-5-7-10-16)17-11-13-18(21-2)14-12-17/h5-7,9-14,19-20H,3-4,8,15H2,1-2H3. The van der Waals surface area contributed by atoms with E-state index >= 15 is 0 Å². The summed E-state index contributed by atoms with van der Waals surface area (Å²) in [7, 11) is 1.70. The van der Waals surface area contributed by atoms with Gasteiger partial charge in [0, 0.05) is 0 Å². The van der Waals surface area contributed by atoms with Crippen LogP contribution in [0.1, 0.15) is 43.4 Å². The van der Waals surface area contributed by atoms with Crippen molar-refractivity contribution in [2.45, 2.75) is 32.2 Å². The van der Waals surface area contributed by atoms with Crippen LogP contribution in [0, 0.1) is 0 Å². The lowest BCUT2D eigenvalue weighted by Gasteiger charge is -2.20. The second kappa shape index (κ2) is 8.48. The van der Waals surface area contributed by atoms with Crippen molar-refractivity contribution in [3.8, 4) is 5.75 Å². The van der Waals surface area contributed by atoms with Crippen molar-refractivity contribution in [3.05, 3.63) is 65.7 Å². The van der Waals surface area contributed by atoms with Crippen LogP contribution in [0.4, 0.5) is 0 Å². The topological polar surface area (TPSA) is 21.3 Å². The molecular formula is C19H25NO. The molecule has 0 bridgehead atoms. The number of methoxy groups -OCH3 is 1. The first-order chi connectivity index (χ1) is 10.3. The lowest BCUT2D eigenvalue weighted by atomic mass is 9.98. The smallest absolute Gasteiger partial charge is 0.118 e. The van der Waals surface area contributed by atoms with E-state index in [2.05, 4.69) is 54.7 Å². The fourth-order valence-electron chi connectivity index (χ4n) is 2.49. The van der Waals surface area contributed by atoms with Crippen LogP contribution in [0.3, 0.4) is 0 Å². The first-order valence-corrected chi connectivity index (χ1v) is 7.77. The Morgan fingerprint density at radius 3 is 2.19 bits per heavy atom. The summed E-state index contributed by atoms with van der Waals surface area (Å²) in [5, 5.41) is 3.68. The summed E-state index contributed by atoms with van der Waals surface area (Å²) in [6.45, 7) is 3.28. The highest BCUT2D eigenvalue weighted by atomic mass is 16.5. The highest BCUT2D eigenvalue weighted by molar-refractivity contribution is 5.35. The highest BCUT2D eigenvalue weighted by Crippen LogP contribution is 2.24. The van der Waals surface area contributed by atoms with Gasteiger partial charge in [-0.1, -0.05) is 62.2 Å². The molecule has 0 aliphatic heterocycles. The van der Waals surface area contributed by atoms with Gasteiger partial charge < -0.3 is 10.1 Å². The lowest BCUT2D eigenvalue weighted by Crippen LogP contribution is -2.23. The molecule has 0 aliphatic rings. The van der Waals surface area contributed by atoms with Crippen LogP contribution in [0.2, 0.25) is 0 Å². The number of hydrogen-bond acceptors (Lipinski definition) is 2. The Morgan fingerprint density at radius 1 is 0.905 bits per heavy atom. The minimum Gasteiger partial charge on any atom is -0.497 e. The van der Waals surface area contributed by atoms with Gasteiger partial charge in [0.1, 0.15) is 5.75 Å². The van der Waals surface area contributed by atoms with Gasteiger partial charge in [-0.2, -0.15) is 0 Å². The molecule has 0 saturated heterocycles. The van der Waals surface area contributed by atoms with E-state index in [1.165, 1.54) is 30.4 Å². The van der Waals surface area contributed by atoms with Crippen molar-refractivity contribution in [2.24, 2.45) is 0 Å². The number of unbranched alkanes of at least 4 members (excludes halogenated alkanes) is 2. The Kier molecular flexibility index (Phi) is 6.29. The minimum atomic E-state index is 0.244. The minimum absolute atomic E-state index is 0.244. The zero-order chi connectivity index (χ0) is 14.9. The van der Waals surface area contributed by atoms with Crippen LogP contribution in [0.5, 0.6) is 5.75 Å². The molecule has 0 aliphatic carbocycles. The van der Waals surface area contributed by atoms with E-state index in [1.807, 2.05) is 12.1 Å². The fraction of sp³-hybridized carbons (Fsp3) is 0.368. The van der Waals surface area contributed by atoms with Crippen LogP contribution in [-0.2, 0) is 0 Å². The van der Waals surface area contributed by atoms with Crippen molar-refractivity contribution >= 4 is 0 Å². The molecule has 2 heteroatoms. The van der Waals surface area contributed by atoms with Gasteiger partial charge in [0.2, 0.25) is 0 Å². The van der Waals surface area contributed by atoms with E-state index in [1.54, 1.807) is 7.11 Å². The molecule has 0 amide bonds. The molecule has 0 radical (unpaired) electrons. The zero-order valence-electron chi connectivity index (χ0n) is 13.0. The number of benzene rings is 2. The van der Waals surface area contributed by atoms with Crippen molar-refractivity contribution in [1.29, 1.82) is 0 Å². The molecule has 0 fully saturated rings. The summed E-state index contributed by atoms with van der Waals surface area (Å²) in [5.74, 6) is 0.900. The molecule has 0 spiro atoms. The Morgan fingerprint density at radius 2 is 1.57 bits per heavy atom. The van der Waals surface area contributed by atoms with Crippen LogP contribution < -0.4 is 10.1 Å². The van der Waals surface area contributed by atoms with E-state index in [-0.39, 0.29) is 6.04 Å². The third kappa shape index (κ3) is 4.61. The number of hydrogen-bond donors (Lipinski definition) is 1. The SMILES string of the molecule is CCCCCNC(c1ccccc1)c1ccc(OC)cc1. The van der Waals surface area contributed by atoms with Crippen LogP contribution in [0.25, 0.3) is 0 Å².